The lowest BCUT2D eigenvalue weighted by molar-refractivity contribution is 0.229. The number of hydrogen-bond donors (Lipinski definition) is 3. The van der Waals surface area contributed by atoms with Crippen molar-refractivity contribution in [2.24, 2.45) is 0 Å². The Morgan fingerprint density at radius 3 is 2.62 bits per heavy atom. The number of aromatic nitrogens is 1. The first-order valence-electron chi connectivity index (χ1n) is 9.61. The zero-order valence-electron chi connectivity index (χ0n) is 17.3. The van der Waals surface area contributed by atoms with Crippen LogP contribution >= 0.6 is 0 Å². The van der Waals surface area contributed by atoms with Crippen LogP contribution < -0.4 is 16.2 Å². The van der Waals surface area contributed by atoms with Gasteiger partial charge in [0.1, 0.15) is 0 Å². The number of rotatable bonds is 5. The Bertz CT molecular complexity index is 1140. The lowest BCUT2D eigenvalue weighted by Crippen LogP contribution is -2.46. The molecule has 0 aliphatic heterocycles. The van der Waals surface area contributed by atoms with Crippen molar-refractivity contribution in [2.75, 3.05) is 0 Å². The Morgan fingerprint density at radius 2 is 1.90 bits per heavy atom. The van der Waals surface area contributed by atoms with Crippen molar-refractivity contribution >= 4 is 22.5 Å². The fourth-order valence-electron chi connectivity index (χ4n) is 3.25. The Balaban J connectivity index is 1.71. The second-order valence-electron chi connectivity index (χ2n) is 8.01. The van der Waals surface area contributed by atoms with Gasteiger partial charge < -0.3 is 15.6 Å². The molecule has 0 aliphatic rings. The maximum atomic E-state index is 12.5. The standard InChI is InChI=1S/C24H27N3O2/c1-15(2)17-7-6-8-20(13-17)24(4,5)27-23(29)25-14-19-12-18-11-16(3)9-10-21(18)26-22(19)28/h6-13H,1,14H2,2-5H3,(H,26,28)(H2,25,27,29). The summed E-state index contributed by atoms with van der Waals surface area (Å²) in [6.07, 6.45) is 0. The zero-order chi connectivity index (χ0) is 21.2. The number of aryl methyl sites for hydroxylation is 1. The molecule has 0 saturated heterocycles. The van der Waals surface area contributed by atoms with Crippen LogP contribution in [0.25, 0.3) is 16.5 Å². The number of carbonyl (C=O) groups excluding carboxylic acids is 1. The Labute approximate surface area is 170 Å². The molecular weight excluding hydrogens is 362 g/mol. The number of aromatic amines is 1. The first-order chi connectivity index (χ1) is 13.7. The molecule has 0 radical (unpaired) electrons. The van der Waals surface area contributed by atoms with Crippen molar-refractivity contribution in [3.8, 4) is 0 Å². The number of nitrogens with one attached hydrogen (secondary N) is 3. The normalized spacial score (nSPS) is 11.3. The van der Waals surface area contributed by atoms with Crippen molar-refractivity contribution in [3.05, 3.63) is 87.7 Å². The average Bonchev–Trinajstić information content (AvgIpc) is 2.66. The van der Waals surface area contributed by atoms with E-state index in [4.69, 9.17) is 0 Å². The number of urea groups is 1. The van der Waals surface area contributed by atoms with Crippen molar-refractivity contribution in [2.45, 2.75) is 39.8 Å². The molecule has 29 heavy (non-hydrogen) atoms. The van der Waals surface area contributed by atoms with E-state index in [1.54, 1.807) is 0 Å². The SMILES string of the molecule is C=C(C)c1cccc(C(C)(C)NC(=O)NCc2cc3cc(C)ccc3[nH]c2=O)c1. The molecule has 3 N–H and O–H groups in total. The van der Waals surface area contributed by atoms with Gasteiger partial charge in [0.15, 0.2) is 0 Å². The maximum Gasteiger partial charge on any atom is 0.315 e. The number of benzene rings is 2. The van der Waals surface area contributed by atoms with E-state index in [-0.39, 0.29) is 18.1 Å². The molecule has 0 atom stereocenters. The smallest absolute Gasteiger partial charge is 0.315 e. The van der Waals surface area contributed by atoms with Gasteiger partial charge in [-0.3, -0.25) is 4.79 Å². The van der Waals surface area contributed by atoms with Crippen molar-refractivity contribution in [1.82, 2.24) is 15.6 Å². The second-order valence-corrected chi connectivity index (χ2v) is 8.01. The molecular formula is C24H27N3O2. The lowest BCUT2D eigenvalue weighted by Gasteiger charge is -2.27. The minimum atomic E-state index is -0.581. The van der Waals surface area contributed by atoms with Crippen LogP contribution in [0.4, 0.5) is 4.79 Å². The van der Waals surface area contributed by atoms with E-state index in [9.17, 15) is 9.59 Å². The number of allylic oxidation sites excluding steroid dienone is 1. The van der Waals surface area contributed by atoms with E-state index in [0.717, 1.165) is 33.2 Å². The molecule has 2 amide bonds. The van der Waals surface area contributed by atoms with E-state index >= 15 is 0 Å². The van der Waals surface area contributed by atoms with E-state index in [2.05, 4.69) is 22.2 Å². The van der Waals surface area contributed by atoms with E-state index in [0.29, 0.717) is 5.56 Å². The van der Waals surface area contributed by atoms with Gasteiger partial charge in [-0.05, 0) is 68.5 Å². The molecule has 1 aromatic heterocycles. The van der Waals surface area contributed by atoms with Gasteiger partial charge in [0, 0.05) is 17.6 Å². The highest BCUT2D eigenvalue weighted by molar-refractivity contribution is 5.80. The second kappa shape index (κ2) is 7.95. The average molecular weight is 389 g/mol. The molecule has 0 unspecified atom stereocenters. The highest BCUT2D eigenvalue weighted by Gasteiger charge is 2.23. The number of hydrogen-bond acceptors (Lipinski definition) is 2. The summed E-state index contributed by atoms with van der Waals surface area (Å²) in [5.74, 6) is 0. The fraction of sp³-hybridized carbons (Fsp3) is 0.250. The number of H-pyrrole nitrogens is 1. The highest BCUT2D eigenvalue weighted by atomic mass is 16.2. The van der Waals surface area contributed by atoms with E-state index < -0.39 is 5.54 Å². The Kier molecular flexibility index (Phi) is 5.59. The monoisotopic (exact) mass is 389 g/mol. The first-order valence-corrected chi connectivity index (χ1v) is 9.61. The molecule has 5 heteroatoms. The first kappa shape index (κ1) is 20.4. The highest BCUT2D eigenvalue weighted by Crippen LogP contribution is 2.23. The molecule has 5 nitrogen and oxygen atoms in total. The molecule has 3 rings (SSSR count). The van der Waals surface area contributed by atoms with Gasteiger partial charge in [0.25, 0.3) is 5.56 Å². The summed E-state index contributed by atoms with van der Waals surface area (Å²) >= 11 is 0. The lowest BCUT2D eigenvalue weighted by atomic mass is 9.92. The zero-order valence-corrected chi connectivity index (χ0v) is 17.3. The summed E-state index contributed by atoms with van der Waals surface area (Å²) in [5.41, 5.74) is 4.62. The number of amides is 2. The van der Waals surface area contributed by atoms with E-state index in [1.807, 2.05) is 76.2 Å². The Morgan fingerprint density at radius 1 is 1.14 bits per heavy atom. The van der Waals surface area contributed by atoms with Crippen LogP contribution in [0.1, 0.15) is 43.0 Å². The van der Waals surface area contributed by atoms with Crippen LogP contribution in [0.3, 0.4) is 0 Å². The molecule has 1 heterocycles. The van der Waals surface area contributed by atoms with Gasteiger partial charge in [-0.1, -0.05) is 42.0 Å². The predicted molar refractivity (Wildman–Crippen MR) is 119 cm³/mol. The van der Waals surface area contributed by atoms with Gasteiger partial charge in [-0.2, -0.15) is 0 Å². The summed E-state index contributed by atoms with van der Waals surface area (Å²) in [6.45, 7) is 12.0. The van der Waals surface area contributed by atoms with Gasteiger partial charge in [0.2, 0.25) is 0 Å². The van der Waals surface area contributed by atoms with Crippen molar-refractivity contribution < 1.29 is 4.79 Å². The van der Waals surface area contributed by atoms with Gasteiger partial charge in [0.05, 0.1) is 5.54 Å². The van der Waals surface area contributed by atoms with Gasteiger partial charge >= 0.3 is 6.03 Å². The van der Waals surface area contributed by atoms with Crippen LogP contribution in [0, 0.1) is 6.92 Å². The number of carbonyl (C=O) groups is 1. The molecule has 0 fully saturated rings. The summed E-state index contributed by atoms with van der Waals surface area (Å²) in [5, 5.41) is 6.72. The fourth-order valence-corrected chi connectivity index (χ4v) is 3.25. The topological polar surface area (TPSA) is 74.0 Å². The summed E-state index contributed by atoms with van der Waals surface area (Å²) in [4.78, 5) is 27.7. The molecule has 3 aromatic rings. The summed E-state index contributed by atoms with van der Waals surface area (Å²) in [7, 11) is 0. The molecule has 0 saturated carbocycles. The number of pyridine rings is 1. The van der Waals surface area contributed by atoms with Gasteiger partial charge in [-0.25, -0.2) is 4.79 Å². The van der Waals surface area contributed by atoms with Gasteiger partial charge in [-0.15, -0.1) is 0 Å². The third-order valence-electron chi connectivity index (χ3n) is 5.02. The van der Waals surface area contributed by atoms with Crippen LogP contribution in [-0.2, 0) is 12.1 Å². The third kappa shape index (κ3) is 4.74. The van der Waals surface area contributed by atoms with Crippen molar-refractivity contribution in [3.63, 3.8) is 0 Å². The molecule has 2 aromatic carbocycles. The molecule has 0 bridgehead atoms. The van der Waals surface area contributed by atoms with Crippen LogP contribution in [-0.4, -0.2) is 11.0 Å². The largest absolute Gasteiger partial charge is 0.334 e. The van der Waals surface area contributed by atoms with Crippen molar-refractivity contribution in [1.29, 1.82) is 0 Å². The van der Waals surface area contributed by atoms with Crippen LogP contribution in [0.15, 0.2) is 59.9 Å². The van der Waals surface area contributed by atoms with E-state index in [1.165, 1.54) is 0 Å². The molecule has 150 valence electrons. The minimum absolute atomic E-state index is 0.146. The third-order valence-corrected chi connectivity index (χ3v) is 5.02. The van der Waals surface area contributed by atoms with Crippen LogP contribution in [0.2, 0.25) is 0 Å². The molecule has 0 aliphatic carbocycles. The summed E-state index contributed by atoms with van der Waals surface area (Å²) < 4.78 is 0. The maximum absolute atomic E-state index is 12.5. The predicted octanol–water partition coefficient (Wildman–Crippen LogP) is 4.60. The Hall–Kier alpha value is -3.34. The molecule has 0 spiro atoms. The quantitative estimate of drug-likeness (QED) is 0.596. The minimum Gasteiger partial charge on any atom is -0.334 e. The number of fused-ring (bicyclic) bond motifs is 1. The van der Waals surface area contributed by atoms with Crippen LogP contribution in [0.5, 0.6) is 0 Å². The summed E-state index contributed by atoms with van der Waals surface area (Å²) in [6, 6.07) is 15.3.